The number of imidazole rings is 1. The number of fused-ring (bicyclic) bond motifs is 2. The maximum absolute atomic E-state index is 14.2. The van der Waals surface area contributed by atoms with Crippen molar-refractivity contribution in [3.8, 4) is 16.9 Å². The van der Waals surface area contributed by atoms with Crippen molar-refractivity contribution in [1.29, 1.82) is 0 Å². The smallest absolute Gasteiger partial charge is 0.196 e. The van der Waals surface area contributed by atoms with Gasteiger partial charge in [-0.2, -0.15) is 0 Å². The first-order valence-corrected chi connectivity index (χ1v) is 10.9. The summed E-state index contributed by atoms with van der Waals surface area (Å²) in [5, 5.41) is 4.28. The first-order valence-electron chi connectivity index (χ1n) is 10.9. The van der Waals surface area contributed by atoms with Crippen molar-refractivity contribution in [3.05, 3.63) is 120 Å². The Morgan fingerprint density at radius 3 is 2.21 bits per heavy atom. The van der Waals surface area contributed by atoms with Gasteiger partial charge >= 0.3 is 0 Å². The molecule has 0 unspecified atom stereocenters. The number of carbonyl (C=O) groups excluding carboxylic acids is 1. The number of nitrogens with zero attached hydrogens (tertiary/aromatic N) is 2. The Labute approximate surface area is 191 Å². The Kier molecular flexibility index (Phi) is 4.44. The van der Waals surface area contributed by atoms with Gasteiger partial charge in [-0.05, 0) is 34.0 Å². The quantitative estimate of drug-likeness (QED) is 0.318. The van der Waals surface area contributed by atoms with Gasteiger partial charge in [0.25, 0.3) is 0 Å². The fourth-order valence-corrected chi connectivity index (χ4v) is 4.75. The molecular weight excluding hydrogens is 406 g/mol. The predicted octanol–water partition coefficient (Wildman–Crippen LogP) is 6.71. The summed E-state index contributed by atoms with van der Waals surface area (Å²) < 4.78 is 2.02. The van der Waals surface area contributed by atoms with E-state index in [1.807, 2.05) is 78.4 Å². The molecule has 2 heterocycles. The highest BCUT2D eigenvalue weighted by molar-refractivity contribution is 6.20. The Balaban J connectivity index is 1.65. The second kappa shape index (κ2) is 7.61. The van der Waals surface area contributed by atoms with Crippen molar-refractivity contribution in [2.45, 2.75) is 6.92 Å². The summed E-state index contributed by atoms with van der Waals surface area (Å²) >= 11 is 0. The van der Waals surface area contributed by atoms with Crippen LogP contribution in [0.4, 0.5) is 0 Å². The van der Waals surface area contributed by atoms with Crippen molar-refractivity contribution in [3.63, 3.8) is 0 Å². The van der Waals surface area contributed by atoms with Crippen LogP contribution in [-0.2, 0) is 0 Å². The van der Waals surface area contributed by atoms with Gasteiger partial charge in [0.05, 0.1) is 18.1 Å². The summed E-state index contributed by atoms with van der Waals surface area (Å²) in [4.78, 5) is 21.5. The number of hydrogen-bond acceptors (Lipinski definition) is 2. The number of carbonyl (C=O) groups is 1. The van der Waals surface area contributed by atoms with Crippen LogP contribution in [-0.4, -0.2) is 20.3 Å². The van der Waals surface area contributed by atoms with Gasteiger partial charge < -0.3 is 9.55 Å². The van der Waals surface area contributed by atoms with E-state index >= 15 is 0 Å². The van der Waals surface area contributed by atoms with Crippen molar-refractivity contribution in [2.24, 2.45) is 0 Å². The zero-order chi connectivity index (χ0) is 22.4. The Morgan fingerprint density at radius 2 is 1.45 bits per heavy atom. The number of nitrogens with one attached hydrogen (secondary N) is 1. The molecule has 0 atom stereocenters. The van der Waals surface area contributed by atoms with E-state index in [4.69, 9.17) is 0 Å². The fraction of sp³-hybridized carbons (Fsp3) is 0.0345. The molecule has 0 bridgehead atoms. The molecule has 0 saturated heterocycles. The lowest BCUT2D eigenvalue weighted by Gasteiger charge is -2.10. The highest BCUT2D eigenvalue weighted by Gasteiger charge is 2.24. The summed E-state index contributed by atoms with van der Waals surface area (Å²) in [6.45, 7) is 1.99. The van der Waals surface area contributed by atoms with E-state index in [2.05, 4.69) is 34.2 Å². The van der Waals surface area contributed by atoms with Gasteiger partial charge in [-0.25, -0.2) is 4.98 Å². The number of aromatic nitrogens is 3. The van der Waals surface area contributed by atoms with E-state index in [0.29, 0.717) is 11.1 Å². The number of ketones is 1. The lowest BCUT2D eigenvalue weighted by atomic mass is 9.91. The van der Waals surface area contributed by atoms with E-state index in [0.717, 1.165) is 44.2 Å². The summed E-state index contributed by atoms with van der Waals surface area (Å²) in [5.74, 6) is 0.844. The maximum atomic E-state index is 14.2. The molecule has 0 saturated carbocycles. The summed E-state index contributed by atoms with van der Waals surface area (Å²) in [5.41, 5.74) is 4.24. The van der Waals surface area contributed by atoms with Crippen LogP contribution in [0.3, 0.4) is 0 Å². The van der Waals surface area contributed by atoms with Crippen LogP contribution >= 0.6 is 0 Å². The van der Waals surface area contributed by atoms with E-state index in [1.165, 1.54) is 0 Å². The molecule has 4 aromatic carbocycles. The van der Waals surface area contributed by atoms with Crippen LogP contribution in [0.1, 0.15) is 21.6 Å². The molecule has 158 valence electrons. The van der Waals surface area contributed by atoms with Gasteiger partial charge in [0.15, 0.2) is 5.78 Å². The molecule has 0 aliphatic heterocycles. The highest BCUT2D eigenvalue weighted by Crippen LogP contribution is 2.36. The summed E-state index contributed by atoms with van der Waals surface area (Å²) in [6.07, 6.45) is 5.47. The normalized spacial score (nSPS) is 11.3. The van der Waals surface area contributed by atoms with Crippen LogP contribution in [0.5, 0.6) is 0 Å². The van der Waals surface area contributed by atoms with E-state index in [1.54, 1.807) is 12.5 Å². The predicted molar refractivity (Wildman–Crippen MR) is 133 cm³/mol. The zero-order valence-corrected chi connectivity index (χ0v) is 18.1. The number of benzene rings is 4. The molecule has 0 amide bonds. The molecule has 0 aliphatic carbocycles. The topological polar surface area (TPSA) is 50.7 Å². The van der Waals surface area contributed by atoms with Crippen LogP contribution in [0.2, 0.25) is 0 Å². The van der Waals surface area contributed by atoms with Crippen molar-refractivity contribution < 1.29 is 4.79 Å². The van der Waals surface area contributed by atoms with Crippen LogP contribution < -0.4 is 0 Å². The number of H-pyrrole nitrogens is 1. The molecule has 6 aromatic rings. The summed E-state index contributed by atoms with van der Waals surface area (Å²) in [7, 11) is 0. The SMILES string of the molecule is Cc1c(C(=O)c2cccc3ccccc23)c(-c2cccc3ccccc23)cn1-c1cnc[nH]1. The highest BCUT2D eigenvalue weighted by atomic mass is 16.1. The van der Waals surface area contributed by atoms with Gasteiger partial charge in [0.1, 0.15) is 5.82 Å². The molecule has 33 heavy (non-hydrogen) atoms. The Morgan fingerprint density at radius 1 is 0.788 bits per heavy atom. The monoisotopic (exact) mass is 427 g/mol. The van der Waals surface area contributed by atoms with Crippen LogP contribution in [0.25, 0.3) is 38.5 Å². The van der Waals surface area contributed by atoms with Crippen molar-refractivity contribution in [2.75, 3.05) is 0 Å². The third-order valence-corrected chi connectivity index (χ3v) is 6.34. The first-order chi connectivity index (χ1) is 16.2. The molecular formula is C29H21N3O. The van der Waals surface area contributed by atoms with E-state index in [-0.39, 0.29) is 5.78 Å². The third kappa shape index (κ3) is 3.07. The molecule has 4 nitrogen and oxygen atoms in total. The van der Waals surface area contributed by atoms with Gasteiger partial charge in [-0.15, -0.1) is 0 Å². The molecule has 2 aromatic heterocycles. The average Bonchev–Trinajstić information content (AvgIpc) is 3.51. The second-order valence-corrected chi connectivity index (χ2v) is 8.19. The van der Waals surface area contributed by atoms with Gasteiger partial charge in [0, 0.05) is 23.0 Å². The lowest BCUT2D eigenvalue weighted by molar-refractivity contribution is 0.104. The minimum absolute atomic E-state index is 0.0190. The van der Waals surface area contributed by atoms with Crippen molar-refractivity contribution >= 4 is 27.3 Å². The van der Waals surface area contributed by atoms with E-state index in [9.17, 15) is 4.79 Å². The van der Waals surface area contributed by atoms with Crippen LogP contribution in [0.15, 0.2) is 104 Å². The van der Waals surface area contributed by atoms with E-state index < -0.39 is 0 Å². The van der Waals surface area contributed by atoms with Gasteiger partial charge in [0.2, 0.25) is 0 Å². The third-order valence-electron chi connectivity index (χ3n) is 6.34. The van der Waals surface area contributed by atoms with Gasteiger partial charge in [-0.1, -0.05) is 84.9 Å². The van der Waals surface area contributed by atoms with Crippen molar-refractivity contribution in [1.82, 2.24) is 14.5 Å². The number of hydrogen-bond donors (Lipinski definition) is 1. The Bertz CT molecular complexity index is 1630. The minimum atomic E-state index is 0.0190. The lowest BCUT2D eigenvalue weighted by Crippen LogP contribution is -2.06. The molecule has 0 fully saturated rings. The van der Waals surface area contributed by atoms with Gasteiger partial charge in [-0.3, -0.25) is 4.79 Å². The average molecular weight is 428 g/mol. The minimum Gasteiger partial charge on any atom is -0.331 e. The molecule has 0 radical (unpaired) electrons. The van der Waals surface area contributed by atoms with Crippen LogP contribution in [0, 0.1) is 6.92 Å². The second-order valence-electron chi connectivity index (χ2n) is 8.19. The molecule has 1 N–H and O–H groups in total. The summed E-state index contributed by atoms with van der Waals surface area (Å²) in [6, 6.07) is 28.5. The largest absolute Gasteiger partial charge is 0.331 e. The molecule has 4 heteroatoms. The molecule has 6 rings (SSSR count). The Hall–Kier alpha value is -4.44. The fourth-order valence-electron chi connectivity index (χ4n) is 4.75. The maximum Gasteiger partial charge on any atom is 0.196 e. The molecule has 0 spiro atoms. The standard InChI is InChI=1S/C29H21N3O/c1-19-28(29(33)25-15-7-11-21-9-3-5-13-23(21)25)26(17-32(19)27-16-30-18-31-27)24-14-6-10-20-8-2-4-12-22(20)24/h2-18H,1H3,(H,30,31). The number of aromatic amines is 1. The number of rotatable bonds is 4. The zero-order valence-electron chi connectivity index (χ0n) is 18.1. The molecule has 0 aliphatic rings. The first kappa shape index (κ1) is 19.3.